The molecule has 19 heavy (non-hydrogen) atoms. The second-order valence-electron chi connectivity index (χ2n) is 5.16. The zero-order valence-corrected chi connectivity index (χ0v) is 12.4. The summed E-state index contributed by atoms with van der Waals surface area (Å²) in [7, 11) is -3.03. The highest BCUT2D eigenvalue weighted by Gasteiger charge is 2.28. The predicted molar refractivity (Wildman–Crippen MR) is 80.1 cm³/mol. The lowest BCUT2D eigenvalue weighted by molar-refractivity contribution is 0.101. The topological polar surface area (TPSA) is 17.1 Å². The Morgan fingerprint density at radius 2 is 1.63 bits per heavy atom. The lowest BCUT2D eigenvalue weighted by Gasteiger charge is -2.17. The second-order valence-corrected chi connectivity index (χ2v) is 8.64. The smallest absolute Gasteiger partial charge is 0.272 e. The summed E-state index contributed by atoms with van der Waals surface area (Å²) in [6, 6.07) is 15.3. The van der Waals surface area contributed by atoms with E-state index in [0.29, 0.717) is 10.8 Å². The maximum Gasteiger partial charge on any atom is 0.272 e. The Balaban J connectivity index is 2.60. The molecule has 0 heterocycles. The van der Waals surface area contributed by atoms with Crippen LogP contribution in [0.5, 0.6) is 0 Å². The number of hydrogen-bond acceptors (Lipinski definition) is 1. The molecule has 0 bridgehead atoms. The van der Waals surface area contributed by atoms with Gasteiger partial charge in [-0.15, -0.1) is 0 Å². The third-order valence-corrected chi connectivity index (χ3v) is 4.84. The van der Waals surface area contributed by atoms with E-state index in [4.69, 9.17) is 0 Å². The van der Waals surface area contributed by atoms with Gasteiger partial charge < -0.3 is 4.11 Å². The van der Waals surface area contributed by atoms with E-state index >= 15 is 0 Å². The van der Waals surface area contributed by atoms with Crippen LogP contribution in [0.4, 0.5) is 4.11 Å². The molecule has 0 radical (unpaired) electrons. The third kappa shape index (κ3) is 2.99. The summed E-state index contributed by atoms with van der Waals surface area (Å²) in [6.45, 7) is 4.72. The number of ketones is 1. The van der Waals surface area contributed by atoms with E-state index < -0.39 is 8.41 Å². The molecule has 0 spiro atoms. The number of carbonyl (C=O) groups is 1. The lowest BCUT2D eigenvalue weighted by Crippen LogP contribution is -2.40. The Bertz CT molecular complexity index is 600. The number of halogens is 1. The van der Waals surface area contributed by atoms with Crippen LogP contribution in [0.25, 0.3) is 11.1 Å². The monoisotopic (exact) mass is 272 g/mol. The molecule has 0 aliphatic rings. The number of benzene rings is 2. The van der Waals surface area contributed by atoms with Gasteiger partial charge in [0.15, 0.2) is 5.78 Å². The van der Waals surface area contributed by atoms with Crippen molar-refractivity contribution < 1.29 is 8.90 Å². The van der Waals surface area contributed by atoms with Crippen LogP contribution in [0.1, 0.15) is 17.3 Å². The molecule has 0 atom stereocenters. The van der Waals surface area contributed by atoms with Crippen molar-refractivity contribution in [1.29, 1.82) is 0 Å². The van der Waals surface area contributed by atoms with Crippen molar-refractivity contribution in [3.05, 3.63) is 54.1 Å². The minimum Gasteiger partial charge on any atom is -0.308 e. The van der Waals surface area contributed by atoms with Crippen molar-refractivity contribution >= 4 is 19.4 Å². The van der Waals surface area contributed by atoms with Gasteiger partial charge >= 0.3 is 0 Å². The fourth-order valence-electron chi connectivity index (χ4n) is 2.15. The first kappa shape index (κ1) is 13.7. The van der Waals surface area contributed by atoms with Gasteiger partial charge in [-0.25, -0.2) is 0 Å². The number of Topliss-reactive ketones (excluding diaryl/α,β-unsaturated/α-hetero) is 1. The lowest BCUT2D eigenvalue weighted by atomic mass is 10.0. The van der Waals surface area contributed by atoms with Crippen molar-refractivity contribution in [2.75, 3.05) is 0 Å². The van der Waals surface area contributed by atoms with Gasteiger partial charge in [-0.1, -0.05) is 48.5 Å². The van der Waals surface area contributed by atoms with E-state index in [0.717, 1.165) is 11.1 Å². The van der Waals surface area contributed by atoms with Crippen LogP contribution in [0.15, 0.2) is 48.5 Å². The molecule has 2 aromatic rings. The van der Waals surface area contributed by atoms with E-state index in [-0.39, 0.29) is 5.78 Å². The first-order valence-corrected chi connectivity index (χ1v) is 9.17. The van der Waals surface area contributed by atoms with Gasteiger partial charge in [-0.05, 0) is 36.3 Å². The molecule has 0 aliphatic carbocycles. The summed E-state index contributed by atoms with van der Waals surface area (Å²) >= 11 is 0. The average molecular weight is 272 g/mol. The highest BCUT2D eigenvalue weighted by molar-refractivity contribution is 6.84. The minimum absolute atomic E-state index is 0.0761. The quantitative estimate of drug-likeness (QED) is 0.470. The van der Waals surface area contributed by atoms with Crippen LogP contribution in [0, 0.1) is 0 Å². The van der Waals surface area contributed by atoms with Crippen molar-refractivity contribution in [1.82, 2.24) is 0 Å². The zero-order chi connectivity index (χ0) is 14.0. The summed E-state index contributed by atoms with van der Waals surface area (Å²) in [6.07, 6.45) is 0. The van der Waals surface area contributed by atoms with Crippen molar-refractivity contribution in [2.24, 2.45) is 0 Å². The molecular formula is C16H17FOSi. The van der Waals surface area contributed by atoms with Gasteiger partial charge in [0.1, 0.15) is 0 Å². The highest BCUT2D eigenvalue weighted by Crippen LogP contribution is 2.21. The van der Waals surface area contributed by atoms with E-state index in [1.54, 1.807) is 19.2 Å². The van der Waals surface area contributed by atoms with E-state index in [1.165, 1.54) is 6.92 Å². The van der Waals surface area contributed by atoms with E-state index in [2.05, 4.69) is 0 Å². The number of hydrogen-bond donors (Lipinski definition) is 0. The summed E-state index contributed by atoms with van der Waals surface area (Å²) in [4.78, 5) is 11.6. The molecule has 98 valence electrons. The molecule has 0 saturated heterocycles. The summed E-state index contributed by atoms with van der Waals surface area (Å²) in [5.41, 5.74) is 2.51. The van der Waals surface area contributed by atoms with Crippen LogP contribution in [0.2, 0.25) is 13.1 Å². The van der Waals surface area contributed by atoms with Crippen molar-refractivity contribution in [2.45, 2.75) is 20.0 Å². The van der Waals surface area contributed by atoms with Gasteiger partial charge in [-0.2, -0.15) is 0 Å². The Morgan fingerprint density at radius 3 is 2.16 bits per heavy atom. The third-order valence-electron chi connectivity index (χ3n) is 3.15. The molecule has 0 fully saturated rings. The normalized spacial score (nSPS) is 11.4. The summed E-state index contributed by atoms with van der Waals surface area (Å²) in [5, 5.41) is 0.585. The van der Waals surface area contributed by atoms with Gasteiger partial charge in [0.05, 0.1) is 0 Å². The van der Waals surface area contributed by atoms with Crippen molar-refractivity contribution in [3.63, 3.8) is 0 Å². The predicted octanol–water partition coefficient (Wildman–Crippen LogP) is 3.94. The van der Waals surface area contributed by atoms with E-state index in [1.807, 2.05) is 42.5 Å². The molecule has 2 aromatic carbocycles. The van der Waals surface area contributed by atoms with Crippen LogP contribution in [0.3, 0.4) is 0 Å². The Morgan fingerprint density at radius 1 is 1.00 bits per heavy atom. The van der Waals surface area contributed by atoms with Crippen LogP contribution >= 0.6 is 0 Å². The first-order chi connectivity index (χ1) is 8.89. The molecule has 1 nitrogen and oxygen atoms in total. The van der Waals surface area contributed by atoms with Gasteiger partial charge in [0, 0.05) is 5.56 Å². The van der Waals surface area contributed by atoms with Gasteiger partial charge in [0.2, 0.25) is 0 Å². The zero-order valence-electron chi connectivity index (χ0n) is 11.4. The number of carbonyl (C=O) groups excluding carboxylic acids is 1. The van der Waals surface area contributed by atoms with E-state index in [9.17, 15) is 8.90 Å². The fourth-order valence-corrected chi connectivity index (χ4v) is 3.55. The number of rotatable bonds is 3. The molecule has 0 amide bonds. The Kier molecular flexibility index (Phi) is 3.67. The molecule has 0 N–H and O–H groups in total. The summed E-state index contributed by atoms with van der Waals surface area (Å²) < 4.78 is 14.4. The molecule has 3 heteroatoms. The van der Waals surface area contributed by atoms with Crippen LogP contribution in [-0.2, 0) is 0 Å². The molecule has 2 rings (SSSR count). The Hall–Kier alpha value is -1.74. The maximum absolute atomic E-state index is 14.4. The average Bonchev–Trinajstić information content (AvgIpc) is 2.38. The standard InChI is InChI=1S/C16H17FOSi/c1-12(18)15-10-9-14(11-16(15)19(2,3)17)13-7-5-4-6-8-13/h4-11H,1-3H3. The van der Waals surface area contributed by atoms with Crippen LogP contribution < -0.4 is 5.19 Å². The maximum atomic E-state index is 14.4. The summed E-state index contributed by atoms with van der Waals surface area (Å²) in [5.74, 6) is -0.0761. The molecular weight excluding hydrogens is 255 g/mol. The van der Waals surface area contributed by atoms with Crippen LogP contribution in [-0.4, -0.2) is 14.2 Å². The van der Waals surface area contributed by atoms with Crippen molar-refractivity contribution in [3.8, 4) is 11.1 Å². The highest BCUT2D eigenvalue weighted by atomic mass is 28.4. The first-order valence-electron chi connectivity index (χ1n) is 6.29. The van der Waals surface area contributed by atoms with Gasteiger partial charge in [-0.3, -0.25) is 4.79 Å². The molecule has 0 aliphatic heterocycles. The molecule has 0 aromatic heterocycles. The van der Waals surface area contributed by atoms with Gasteiger partial charge in [0.25, 0.3) is 8.41 Å². The second kappa shape index (κ2) is 5.09. The SMILES string of the molecule is CC(=O)c1ccc(-c2ccccc2)cc1[Si](C)(C)F. The fraction of sp³-hybridized carbons (Fsp3) is 0.188. The largest absolute Gasteiger partial charge is 0.308 e. The minimum atomic E-state index is -3.03. The Labute approximate surface area is 114 Å². The molecule has 0 unspecified atom stereocenters. The molecule has 0 saturated carbocycles.